The number of hydrogen-bond acceptors (Lipinski definition) is 6. The van der Waals surface area contributed by atoms with E-state index < -0.39 is 9.84 Å². The van der Waals surface area contributed by atoms with Crippen molar-refractivity contribution in [2.75, 3.05) is 52.4 Å². The lowest BCUT2D eigenvalue weighted by molar-refractivity contribution is 0.321. The third-order valence-electron chi connectivity index (χ3n) is 5.54. The summed E-state index contributed by atoms with van der Waals surface area (Å²) in [4.78, 5) is 6.69. The monoisotopic (exact) mass is 424 g/mol. The first-order valence-corrected chi connectivity index (χ1v) is 11.8. The predicted octanol–water partition coefficient (Wildman–Crippen LogP) is 0.878. The topological polar surface area (TPSA) is 92.3 Å². The van der Waals surface area contributed by atoms with Crippen LogP contribution in [0.5, 0.6) is 11.5 Å². The van der Waals surface area contributed by atoms with Crippen molar-refractivity contribution in [1.29, 1.82) is 0 Å². The summed E-state index contributed by atoms with van der Waals surface area (Å²) in [5.41, 5.74) is 1.16. The van der Waals surface area contributed by atoms with Gasteiger partial charge in [0.05, 0.1) is 25.7 Å². The molecule has 2 fully saturated rings. The van der Waals surface area contributed by atoms with Gasteiger partial charge in [-0.2, -0.15) is 0 Å². The van der Waals surface area contributed by atoms with Gasteiger partial charge in [0.15, 0.2) is 15.8 Å². The zero-order valence-electron chi connectivity index (χ0n) is 17.5. The van der Waals surface area contributed by atoms with E-state index in [-0.39, 0.29) is 11.7 Å². The molecule has 2 heterocycles. The Morgan fingerprint density at radius 1 is 1.21 bits per heavy atom. The Balaban J connectivity index is 1.47. The van der Waals surface area contributed by atoms with Gasteiger partial charge in [-0.1, -0.05) is 0 Å². The van der Waals surface area contributed by atoms with Crippen molar-refractivity contribution >= 4 is 15.8 Å². The van der Waals surface area contributed by atoms with Crippen molar-refractivity contribution in [2.45, 2.75) is 25.4 Å². The first kappa shape index (κ1) is 21.7. The van der Waals surface area contributed by atoms with Crippen LogP contribution < -0.4 is 20.1 Å². The quantitative estimate of drug-likeness (QED) is 0.496. The molecule has 0 saturated carbocycles. The Bertz CT molecular complexity index is 806. The second-order valence-corrected chi connectivity index (χ2v) is 10.0. The van der Waals surface area contributed by atoms with E-state index in [1.807, 2.05) is 18.2 Å². The number of hydrogen-bond donors (Lipinski definition) is 2. The summed E-state index contributed by atoms with van der Waals surface area (Å²) in [6.45, 7) is 3.38. The van der Waals surface area contributed by atoms with Gasteiger partial charge in [-0.3, -0.25) is 9.89 Å². The van der Waals surface area contributed by atoms with Crippen LogP contribution in [-0.4, -0.2) is 77.7 Å². The highest BCUT2D eigenvalue weighted by Crippen LogP contribution is 2.24. The number of guanidine groups is 1. The number of ether oxygens (including phenoxy) is 2. The molecule has 2 aliphatic rings. The number of nitrogens with zero attached hydrogens (tertiary/aromatic N) is 2. The minimum absolute atomic E-state index is 0.168. The van der Waals surface area contributed by atoms with Crippen LogP contribution in [0, 0.1) is 5.92 Å². The molecule has 2 unspecified atom stereocenters. The second-order valence-electron chi connectivity index (χ2n) is 7.81. The fourth-order valence-corrected chi connectivity index (χ4v) is 5.83. The van der Waals surface area contributed by atoms with Crippen LogP contribution in [0.4, 0.5) is 0 Å². The van der Waals surface area contributed by atoms with E-state index in [2.05, 4.69) is 20.5 Å². The summed E-state index contributed by atoms with van der Waals surface area (Å²) < 4.78 is 33.9. The van der Waals surface area contributed by atoms with E-state index in [4.69, 9.17) is 9.47 Å². The first-order chi connectivity index (χ1) is 13.9. The Kier molecular flexibility index (Phi) is 7.23. The number of sulfone groups is 1. The van der Waals surface area contributed by atoms with Crippen LogP contribution in [0.2, 0.25) is 0 Å². The molecule has 0 spiro atoms. The summed E-state index contributed by atoms with van der Waals surface area (Å²) >= 11 is 0. The third kappa shape index (κ3) is 6.24. The fraction of sp³-hybridized carbons (Fsp3) is 0.650. The molecule has 2 aliphatic heterocycles. The summed E-state index contributed by atoms with van der Waals surface area (Å²) in [5.74, 6) is 3.08. The molecule has 1 aromatic rings. The molecular formula is C20H32N4O4S. The highest BCUT2D eigenvalue weighted by molar-refractivity contribution is 7.91. The van der Waals surface area contributed by atoms with E-state index in [0.29, 0.717) is 18.3 Å². The van der Waals surface area contributed by atoms with Crippen LogP contribution in [0.25, 0.3) is 0 Å². The largest absolute Gasteiger partial charge is 0.497 e. The zero-order chi connectivity index (χ0) is 20.9. The fourth-order valence-electron chi connectivity index (χ4n) is 3.97. The lowest BCUT2D eigenvalue weighted by atomic mass is 10.1. The Hall–Kier alpha value is -2.00. The van der Waals surface area contributed by atoms with Gasteiger partial charge in [0.25, 0.3) is 0 Å². The number of benzene rings is 1. The minimum atomic E-state index is -2.84. The Labute approximate surface area is 173 Å². The van der Waals surface area contributed by atoms with Crippen LogP contribution in [0.15, 0.2) is 23.2 Å². The summed E-state index contributed by atoms with van der Waals surface area (Å²) in [6.07, 6.45) is 1.76. The van der Waals surface area contributed by atoms with E-state index in [0.717, 1.165) is 55.5 Å². The van der Waals surface area contributed by atoms with Gasteiger partial charge < -0.3 is 20.1 Å². The summed E-state index contributed by atoms with van der Waals surface area (Å²) in [7, 11) is 2.22. The van der Waals surface area contributed by atoms with Crippen molar-refractivity contribution in [3.8, 4) is 11.5 Å². The molecule has 9 heteroatoms. The van der Waals surface area contributed by atoms with Crippen LogP contribution in [0.1, 0.15) is 18.4 Å². The maximum absolute atomic E-state index is 11.6. The van der Waals surface area contributed by atoms with Gasteiger partial charge in [0, 0.05) is 45.3 Å². The van der Waals surface area contributed by atoms with Crippen LogP contribution in [0.3, 0.4) is 0 Å². The molecule has 29 heavy (non-hydrogen) atoms. The molecule has 0 aromatic heterocycles. The van der Waals surface area contributed by atoms with Gasteiger partial charge in [-0.15, -0.1) is 0 Å². The molecule has 2 N–H and O–H groups in total. The number of nitrogens with one attached hydrogen (secondary N) is 2. The molecule has 8 nitrogen and oxygen atoms in total. The third-order valence-corrected chi connectivity index (χ3v) is 7.38. The van der Waals surface area contributed by atoms with Crippen molar-refractivity contribution in [3.05, 3.63) is 23.8 Å². The molecule has 2 atom stereocenters. The van der Waals surface area contributed by atoms with Gasteiger partial charge in [-0.05, 0) is 36.5 Å². The number of likely N-dealkylation sites (tertiary alicyclic amines) is 1. The zero-order valence-corrected chi connectivity index (χ0v) is 18.3. The second kappa shape index (κ2) is 9.67. The normalized spacial score (nSPS) is 24.4. The minimum Gasteiger partial charge on any atom is -0.497 e. The molecule has 3 rings (SSSR count). The lowest BCUT2D eigenvalue weighted by Crippen LogP contribution is -2.46. The van der Waals surface area contributed by atoms with E-state index in [1.165, 1.54) is 0 Å². The van der Waals surface area contributed by atoms with Gasteiger partial charge in [0.1, 0.15) is 11.5 Å². The molecule has 0 aliphatic carbocycles. The highest BCUT2D eigenvalue weighted by atomic mass is 32.2. The van der Waals surface area contributed by atoms with Gasteiger partial charge in [-0.25, -0.2) is 8.42 Å². The van der Waals surface area contributed by atoms with Crippen LogP contribution in [-0.2, 0) is 16.4 Å². The van der Waals surface area contributed by atoms with E-state index >= 15 is 0 Å². The highest BCUT2D eigenvalue weighted by Gasteiger charge is 2.28. The smallest absolute Gasteiger partial charge is 0.191 e. The van der Waals surface area contributed by atoms with E-state index in [9.17, 15) is 8.42 Å². The van der Waals surface area contributed by atoms with Crippen LogP contribution >= 0.6 is 0 Å². The van der Waals surface area contributed by atoms with Crippen molar-refractivity contribution in [2.24, 2.45) is 10.9 Å². The standard InChI is InChI=1S/C20H32N4O4S/c1-21-20(22-11-15-5-7-29(25,26)14-15)23-17-4-6-24(13-17)12-16-8-18(27-2)10-19(9-16)28-3/h8-10,15,17H,4-7,11-14H2,1-3H3,(H2,21,22,23). The Morgan fingerprint density at radius 2 is 1.93 bits per heavy atom. The summed E-state index contributed by atoms with van der Waals surface area (Å²) in [6, 6.07) is 6.27. The van der Waals surface area contributed by atoms with Crippen molar-refractivity contribution < 1.29 is 17.9 Å². The first-order valence-electron chi connectivity index (χ1n) is 10.0. The molecule has 2 saturated heterocycles. The maximum Gasteiger partial charge on any atom is 0.191 e. The average Bonchev–Trinajstić information content (AvgIpc) is 3.29. The predicted molar refractivity (Wildman–Crippen MR) is 114 cm³/mol. The summed E-state index contributed by atoms with van der Waals surface area (Å²) in [5, 5.41) is 6.76. The number of aliphatic imine (C=N–C) groups is 1. The van der Waals surface area contributed by atoms with Crippen molar-refractivity contribution in [1.82, 2.24) is 15.5 Å². The average molecular weight is 425 g/mol. The Morgan fingerprint density at radius 3 is 2.52 bits per heavy atom. The lowest BCUT2D eigenvalue weighted by Gasteiger charge is -2.20. The van der Waals surface area contributed by atoms with E-state index in [1.54, 1.807) is 21.3 Å². The molecule has 0 radical (unpaired) electrons. The molecule has 0 amide bonds. The molecular weight excluding hydrogens is 392 g/mol. The van der Waals surface area contributed by atoms with Gasteiger partial charge in [0.2, 0.25) is 0 Å². The van der Waals surface area contributed by atoms with Crippen molar-refractivity contribution in [3.63, 3.8) is 0 Å². The number of methoxy groups -OCH3 is 2. The SMILES string of the molecule is CN=C(NCC1CCS(=O)(=O)C1)NC1CCN(Cc2cc(OC)cc(OC)c2)C1. The van der Waals surface area contributed by atoms with Gasteiger partial charge >= 0.3 is 0 Å². The molecule has 162 valence electrons. The number of rotatable bonds is 7. The molecule has 1 aromatic carbocycles. The maximum atomic E-state index is 11.6. The molecule has 0 bridgehead atoms.